The first-order chi connectivity index (χ1) is 8.58. The standard InChI is InChI=1S/C13H19N3O2.ClH/c1-9-3-5-14-8-11(9)15-13(18)10-4-6-16(2)12(17)7-10;/h4,6-7,9,11,14H,3,5,8H2,1-2H3,(H,15,18);1H. The minimum atomic E-state index is -0.173. The van der Waals surface area contributed by atoms with Crippen LogP contribution in [0.1, 0.15) is 23.7 Å². The zero-order valence-corrected chi connectivity index (χ0v) is 12.0. The highest BCUT2D eigenvalue weighted by Gasteiger charge is 2.23. The molecule has 0 bridgehead atoms. The molecule has 0 radical (unpaired) electrons. The first-order valence-corrected chi connectivity index (χ1v) is 6.26. The molecule has 2 rings (SSSR count). The quantitative estimate of drug-likeness (QED) is 0.833. The summed E-state index contributed by atoms with van der Waals surface area (Å²) in [6, 6.07) is 3.17. The maximum atomic E-state index is 12.0. The van der Waals surface area contributed by atoms with Gasteiger partial charge in [0.1, 0.15) is 0 Å². The van der Waals surface area contributed by atoms with Crippen molar-refractivity contribution in [3.8, 4) is 0 Å². The lowest BCUT2D eigenvalue weighted by atomic mass is 9.94. The predicted molar refractivity (Wildman–Crippen MR) is 76.8 cm³/mol. The third-order valence-corrected chi connectivity index (χ3v) is 3.51. The van der Waals surface area contributed by atoms with Crippen molar-refractivity contribution in [1.29, 1.82) is 0 Å². The Balaban J connectivity index is 0.00000180. The summed E-state index contributed by atoms with van der Waals surface area (Å²) in [5.41, 5.74) is 0.258. The topological polar surface area (TPSA) is 63.1 Å². The van der Waals surface area contributed by atoms with E-state index in [4.69, 9.17) is 0 Å². The number of rotatable bonds is 2. The minimum Gasteiger partial charge on any atom is -0.348 e. The number of nitrogens with one attached hydrogen (secondary N) is 2. The summed E-state index contributed by atoms with van der Waals surface area (Å²) in [5, 5.41) is 6.24. The van der Waals surface area contributed by atoms with Gasteiger partial charge >= 0.3 is 0 Å². The van der Waals surface area contributed by atoms with Crippen molar-refractivity contribution in [2.45, 2.75) is 19.4 Å². The first-order valence-electron chi connectivity index (χ1n) is 6.26. The van der Waals surface area contributed by atoms with E-state index < -0.39 is 0 Å². The molecule has 1 aromatic rings. The summed E-state index contributed by atoms with van der Waals surface area (Å²) >= 11 is 0. The average molecular weight is 286 g/mol. The maximum absolute atomic E-state index is 12.0. The van der Waals surface area contributed by atoms with Crippen LogP contribution < -0.4 is 16.2 Å². The molecule has 2 heterocycles. The van der Waals surface area contributed by atoms with Gasteiger partial charge in [0.15, 0.2) is 0 Å². The monoisotopic (exact) mass is 285 g/mol. The molecule has 1 aromatic heterocycles. The Bertz CT molecular complexity index is 501. The normalized spacial score (nSPS) is 22.4. The van der Waals surface area contributed by atoms with Gasteiger partial charge in [0.2, 0.25) is 0 Å². The van der Waals surface area contributed by atoms with Crippen molar-refractivity contribution in [3.63, 3.8) is 0 Å². The van der Waals surface area contributed by atoms with Gasteiger partial charge < -0.3 is 15.2 Å². The number of carbonyl (C=O) groups excluding carboxylic acids is 1. The van der Waals surface area contributed by atoms with E-state index in [0.29, 0.717) is 11.5 Å². The van der Waals surface area contributed by atoms with Gasteiger partial charge in [-0.1, -0.05) is 6.92 Å². The molecule has 0 spiro atoms. The van der Waals surface area contributed by atoms with Gasteiger partial charge in [-0.25, -0.2) is 0 Å². The molecule has 1 fully saturated rings. The third-order valence-electron chi connectivity index (χ3n) is 3.51. The van der Waals surface area contributed by atoms with E-state index >= 15 is 0 Å². The maximum Gasteiger partial charge on any atom is 0.251 e. The molecule has 19 heavy (non-hydrogen) atoms. The summed E-state index contributed by atoms with van der Waals surface area (Å²) in [6.45, 7) is 3.92. The fourth-order valence-corrected chi connectivity index (χ4v) is 2.12. The number of piperidine rings is 1. The fraction of sp³-hybridized carbons (Fsp3) is 0.538. The second-order valence-electron chi connectivity index (χ2n) is 4.91. The number of carbonyl (C=O) groups is 1. The van der Waals surface area contributed by atoms with E-state index in [9.17, 15) is 9.59 Å². The molecule has 106 valence electrons. The second kappa shape index (κ2) is 6.73. The molecule has 0 aromatic carbocycles. The molecule has 2 atom stereocenters. The van der Waals surface area contributed by atoms with Gasteiger partial charge in [-0.2, -0.15) is 0 Å². The van der Waals surface area contributed by atoms with Crippen LogP contribution in [0.25, 0.3) is 0 Å². The second-order valence-corrected chi connectivity index (χ2v) is 4.91. The summed E-state index contributed by atoms with van der Waals surface area (Å²) in [4.78, 5) is 23.5. The van der Waals surface area contributed by atoms with Gasteiger partial charge in [-0.3, -0.25) is 9.59 Å². The predicted octanol–water partition coefficient (Wildman–Crippen LogP) is 0.535. The zero-order valence-electron chi connectivity index (χ0n) is 11.2. The Morgan fingerprint density at radius 2 is 2.26 bits per heavy atom. The summed E-state index contributed by atoms with van der Waals surface area (Å²) < 4.78 is 1.45. The Hall–Kier alpha value is -1.33. The van der Waals surface area contributed by atoms with Crippen molar-refractivity contribution in [3.05, 3.63) is 34.2 Å². The number of hydrogen-bond acceptors (Lipinski definition) is 3. The number of halogens is 1. The molecule has 1 saturated heterocycles. The van der Waals surface area contributed by atoms with Gasteiger partial charge in [0.25, 0.3) is 11.5 Å². The van der Waals surface area contributed by atoms with Crippen molar-refractivity contribution in [2.75, 3.05) is 13.1 Å². The third kappa shape index (κ3) is 3.81. The first kappa shape index (κ1) is 15.7. The Morgan fingerprint density at radius 1 is 1.53 bits per heavy atom. The highest BCUT2D eigenvalue weighted by molar-refractivity contribution is 5.94. The molecule has 0 aliphatic carbocycles. The Kier molecular flexibility index (Phi) is 5.57. The summed E-state index contributed by atoms with van der Waals surface area (Å²) in [6.07, 6.45) is 2.67. The molecule has 0 saturated carbocycles. The van der Waals surface area contributed by atoms with Crippen LogP contribution in [-0.4, -0.2) is 29.6 Å². The number of aryl methyl sites for hydroxylation is 1. The van der Waals surface area contributed by atoms with E-state index in [0.717, 1.165) is 19.5 Å². The lowest BCUT2D eigenvalue weighted by Gasteiger charge is -2.30. The molecule has 2 unspecified atom stereocenters. The zero-order chi connectivity index (χ0) is 13.1. The van der Waals surface area contributed by atoms with Crippen molar-refractivity contribution in [1.82, 2.24) is 15.2 Å². The van der Waals surface area contributed by atoms with Crippen LogP contribution in [0, 0.1) is 5.92 Å². The van der Waals surface area contributed by atoms with Crippen LogP contribution in [0.15, 0.2) is 23.1 Å². The van der Waals surface area contributed by atoms with E-state index in [1.54, 1.807) is 19.3 Å². The van der Waals surface area contributed by atoms with E-state index in [1.807, 2.05) is 0 Å². The summed E-state index contributed by atoms with van der Waals surface area (Å²) in [5.74, 6) is 0.287. The minimum absolute atomic E-state index is 0. The van der Waals surface area contributed by atoms with Crippen molar-refractivity contribution in [2.24, 2.45) is 13.0 Å². The molecular formula is C13H20ClN3O2. The average Bonchev–Trinajstić information content (AvgIpc) is 2.35. The van der Waals surface area contributed by atoms with Crippen molar-refractivity contribution < 1.29 is 4.79 Å². The molecule has 5 nitrogen and oxygen atoms in total. The lowest BCUT2D eigenvalue weighted by Crippen LogP contribution is -2.50. The SMILES string of the molecule is CC1CCNCC1NC(=O)c1ccn(C)c(=O)c1.Cl. The highest BCUT2D eigenvalue weighted by atomic mass is 35.5. The lowest BCUT2D eigenvalue weighted by molar-refractivity contribution is 0.0915. The number of amides is 1. The number of pyridine rings is 1. The van der Waals surface area contributed by atoms with E-state index in [2.05, 4.69) is 17.6 Å². The van der Waals surface area contributed by atoms with Crippen LogP contribution in [0.5, 0.6) is 0 Å². The van der Waals surface area contributed by atoms with Crippen LogP contribution >= 0.6 is 12.4 Å². The van der Waals surface area contributed by atoms with Crippen LogP contribution in [0.3, 0.4) is 0 Å². The smallest absolute Gasteiger partial charge is 0.251 e. The molecule has 2 N–H and O–H groups in total. The molecule has 6 heteroatoms. The molecule has 1 amide bonds. The van der Waals surface area contributed by atoms with Gasteiger partial charge in [-0.05, 0) is 24.9 Å². The number of nitrogens with zero attached hydrogens (tertiary/aromatic N) is 1. The van der Waals surface area contributed by atoms with Gasteiger partial charge in [0.05, 0.1) is 0 Å². The van der Waals surface area contributed by atoms with Crippen LogP contribution in [0.4, 0.5) is 0 Å². The number of aromatic nitrogens is 1. The number of hydrogen-bond donors (Lipinski definition) is 2. The summed E-state index contributed by atoms with van der Waals surface area (Å²) in [7, 11) is 1.66. The molecular weight excluding hydrogens is 266 g/mol. The molecule has 1 aliphatic heterocycles. The molecule has 1 aliphatic rings. The largest absolute Gasteiger partial charge is 0.348 e. The fourth-order valence-electron chi connectivity index (χ4n) is 2.12. The van der Waals surface area contributed by atoms with Crippen molar-refractivity contribution >= 4 is 18.3 Å². The van der Waals surface area contributed by atoms with Gasteiger partial charge in [-0.15, -0.1) is 12.4 Å². The van der Waals surface area contributed by atoms with Crippen LogP contribution in [0.2, 0.25) is 0 Å². The van der Waals surface area contributed by atoms with E-state index in [-0.39, 0.29) is 29.9 Å². The van der Waals surface area contributed by atoms with Gasteiger partial charge in [0, 0.05) is 37.5 Å². The highest BCUT2D eigenvalue weighted by Crippen LogP contribution is 2.11. The van der Waals surface area contributed by atoms with Crippen LogP contribution in [-0.2, 0) is 7.05 Å². The Labute approximate surface area is 118 Å². The van der Waals surface area contributed by atoms with E-state index in [1.165, 1.54) is 10.6 Å². The Morgan fingerprint density at radius 3 is 2.89 bits per heavy atom.